The number of aryl methyl sites for hydroxylation is 1. The Morgan fingerprint density at radius 2 is 2.26 bits per heavy atom. The van der Waals surface area contributed by atoms with Crippen LogP contribution in [-0.2, 0) is 11.8 Å². The SMILES string of the molecule is CC(C)c1ccc(O[C@H]2CCOC2)c2nn(C)cc12. The Kier molecular flexibility index (Phi) is 3.19. The van der Waals surface area contributed by atoms with Crippen LogP contribution in [0.15, 0.2) is 18.3 Å². The van der Waals surface area contributed by atoms with E-state index in [0.29, 0.717) is 12.5 Å². The van der Waals surface area contributed by atoms with Crippen molar-refractivity contribution in [2.24, 2.45) is 7.05 Å². The molecule has 2 aromatic rings. The molecule has 0 unspecified atom stereocenters. The average Bonchev–Trinajstić information content (AvgIpc) is 2.97. The topological polar surface area (TPSA) is 36.3 Å². The number of benzene rings is 1. The van der Waals surface area contributed by atoms with Crippen molar-refractivity contribution in [1.29, 1.82) is 0 Å². The zero-order valence-corrected chi connectivity index (χ0v) is 11.7. The zero-order chi connectivity index (χ0) is 13.4. The van der Waals surface area contributed by atoms with E-state index in [0.717, 1.165) is 24.3 Å². The lowest BCUT2D eigenvalue weighted by molar-refractivity contribution is 0.142. The van der Waals surface area contributed by atoms with E-state index in [9.17, 15) is 0 Å². The average molecular weight is 260 g/mol. The summed E-state index contributed by atoms with van der Waals surface area (Å²) in [6.45, 7) is 5.88. The van der Waals surface area contributed by atoms with Crippen LogP contribution in [0.5, 0.6) is 5.75 Å². The molecule has 0 radical (unpaired) electrons. The predicted molar refractivity (Wildman–Crippen MR) is 74.7 cm³/mol. The summed E-state index contributed by atoms with van der Waals surface area (Å²) in [5, 5.41) is 5.74. The van der Waals surface area contributed by atoms with Crippen LogP contribution in [0.1, 0.15) is 31.7 Å². The molecule has 4 heteroatoms. The highest BCUT2D eigenvalue weighted by molar-refractivity contribution is 5.87. The second-order valence-corrected chi connectivity index (χ2v) is 5.48. The molecule has 19 heavy (non-hydrogen) atoms. The standard InChI is InChI=1S/C15H20N2O2/c1-10(2)12-4-5-14(19-11-6-7-18-9-11)15-13(12)8-17(3)16-15/h4-5,8,10-11H,6-7,9H2,1-3H3/t11-/m0/s1. The number of rotatable bonds is 3. The summed E-state index contributed by atoms with van der Waals surface area (Å²) in [7, 11) is 1.95. The highest BCUT2D eigenvalue weighted by atomic mass is 16.5. The van der Waals surface area contributed by atoms with Crippen molar-refractivity contribution in [3.05, 3.63) is 23.9 Å². The third-order valence-electron chi connectivity index (χ3n) is 3.59. The zero-order valence-electron chi connectivity index (χ0n) is 11.7. The van der Waals surface area contributed by atoms with Gasteiger partial charge in [0.15, 0.2) is 0 Å². The number of hydrogen-bond acceptors (Lipinski definition) is 3. The molecular weight excluding hydrogens is 240 g/mol. The molecule has 1 aliphatic rings. The lowest BCUT2D eigenvalue weighted by Gasteiger charge is -2.14. The van der Waals surface area contributed by atoms with Gasteiger partial charge in [-0.05, 0) is 17.5 Å². The number of fused-ring (bicyclic) bond motifs is 1. The van der Waals surface area contributed by atoms with E-state index >= 15 is 0 Å². The molecule has 3 rings (SSSR count). The Labute approximate surface area is 113 Å². The summed E-state index contributed by atoms with van der Waals surface area (Å²) in [5.41, 5.74) is 2.28. The van der Waals surface area contributed by atoms with E-state index in [1.165, 1.54) is 10.9 Å². The maximum atomic E-state index is 6.04. The predicted octanol–water partition coefficient (Wildman–Crippen LogP) is 2.86. The molecule has 1 saturated heterocycles. The van der Waals surface area contributed by atoms with Gasteiger partial charge in [-0.2, -0.15) is 5.10 Å². The van der Waals surface area contributed by atoms with Gasteiger partial charge in [0.1, 0.15) is 17.4 Å². The van der Waals surface area contributed by atoms with Gasteiger partial charge >= 0.3 is 0 Å². The molecule has 0 bridgehead atoms. The van der Waals surface area contributed by atoms with Gasteiger partial charge in [0.05, 0.1) is 13.2 Å². The van der Waals surface area contributed by atoms with Crippen molar-refractivity contribution in [2.45, 2.75) is 32.3 Å². The molecule has 0 N–H and O–H groups in total. The van der Waals surface area contributed by atoms with Gasteiger partial charge in [0.2, 0.25) is 0 Å². The third-order valence-corrected chi connectivity index (χ3v) is 3.59. The number of aromatic nitrogens is 2. The molecule has 1 aromatic heterocycles. The van der Waals surface area contributed by atoms with Gasteiger partial charge in [-0.25, -0.2) is 0 Å². The molecule has 1 aromatic carbocycles. The second-order valence-electron chi connectivity index (χ2n) is 5.48. The first kappa shape index (κ1) is 12.5. The monoisotopic (exact) mass is 260 g/mol. The fourth-order valence-electron chi connectivity index (χ4n) is 2.60. The van der Waals surface area contributed by atoms with Gasteiger partial charge in [0.25, 0.3) is 0 Å². The molecule has 102 valence electrons. The Balaban J connectivity index is 2.02. The maximum Gasteiger partial charge on any atom is 0.147 e. The Morgan fingerprint density at radius 1 is 1.42 bits per heavy atom. The van der Waals surface area contributed by atoms with Crippen LogP contribution in [0.25, 0.3) is 10.9 Å². The van der Waals surface area contributed by atoms with Crippen LogP contribution in [0.3, 0.4) is 0 Å². The lowest BCUT2D eigenvalue weighted by Crippen LogP contribution is -2.16. The van der Waals surface area contributed by atoms with Crippen molar-refractivity contribution in [3.8, 4) is 5.75 Å². The summed E-state index contributed by atoms with van der Waals surface area (Å²) in [6, 6.07) is 4.20. The first-order valence-corrected chi connectivity index (χ1v) is 6.86. The Hall–Kier alpha value is -1.55. The minimum Gasteiger partial charge on any atom is -0.486 e. The lowest BCUT2D eigenvalue weighted by atomic mass is 9.99. The smallest absolute Gasteiger partial charge is 0.147 e. The summed E-state index contributed by atoms with van der Waals surface area (Å²) in [6.07, 6.45) is 3.19. The summed E-state index contributed by atoms with van der Waals surface area (Å²) >= 11 is 0. The molecule has 0 saturated carbocycles. The third kappa shape index (κ3) is 2.32. The first-order valence-electron chi connectivity index (χ1n) is 6.86. The van der Waals surface area contributed by atoms with Crippen LogP contribution in [-0.4, -0.2) is 29.1 Å². The van der Waals surface area contributed by atoms with Crippen molar-refractivity contribution in [3.63, 3.8) is 0 Å². The highest BCUT2D eigenvalue weighted by Gasteiger charge is 2.20. The summed E-state index contributed by atoms with van der Waals surface area (Å²) < 4.78 is 13.2. The van der Waals surface area contributed by atoms with Crippen LogP contribution in [0.2, 0.25) is 0 Å². The van der Waals surface area contributed by atoms with E-state index in [-0.39, 0.29) is 6.10 Å². The van der Waals surface area contributed by atoms with Crippen molar-refractivity contribution in [1.82, 2.24) is 9.78 Å². The minimum absolute atomic E-state index is 0.162. The summed E-state index contributed by atoms with van der Waals surface area (Å²) in [5.74, 6) is 1.35. The van der Waals surface area contributed by atoms with Gasteiger partial charge < -0.3 is 9.47 Å². The second kappa shape index (κ2) is 4.85. The fourth-order valence-corrected chi connectivity index (χ4v) is 2.60. The van der Waals surface area contributed by atoms with E-state index < -0.39 is 0 Å². The van der Waals surface area contributed by atoms with Crippen molar-refractivity contribution in [2.75, 3.05) is 13.2 Å². The summed E-state index contributed by atoms with van der Waals surface area (Å²) in [4.78, 5) is 0. The largest absolute Gasteiger partial charge is 0.486 e. The van der Waals surface area contributed by atoms with E-state index in [2.05, 4.69) is 31.2 Å². The Morgan fingerprint density at radius 3 is 2.95 bits per heavy atom. The van der Waals surface area contributed by atoms with Crippen LogP contribution < -0.4 is 4.74 Å². The van der Waals surface area contributed by atoms with Gasteiger partial charge in [0, 0.05) is 25.1 Å². The molecule has 2 heterocycles. The normalized spacial score (nSPS) is 19.5. The van der Waals surface area contributed by atoms with Gasteiger partial charge in [-0.15, -0.1) is 0 Å². The van der Waals surface area contributed by atoms with E-state index in [1.54, 1.807) is 0 Å². The van der Waals surface area contributed by atoms with E-state index in [1.807, 2.05) is 17.8 Å². The number of hydrogen-bond donors (Lipinski definition) is 0. The maximum absolute atomic E-state index is 6.04. The first-order chi connectivity index (χ1) is 9.15. The van der Waals surface area contributed by atoms with Crippen LogP contribution in [0.4, 0.5) is 0 Å². The van der Waals surface area contributed by atoms with Crippen molar-refractivity contribution >= 4 is 10.9 Å². The van der Waals surface area contributed by atoms with Gasteiger partial charge in [-0.1, -0.05) is 19.9 Å². The molecule has 0 spiro atoms. The minimum atomic E-state index is 0.162. The molecule has 1 fully saturated rings. The molecule has 0 amide bonds. The number of ether oxygens (including phenoxy) is 2. The van der Waals surface area contributed by atoms with Gasteiger partial charge in [-0.3, -0.25) is 4.68 Å². The fraction of sp³-hybridized carbons (Fsp3) is 0.533. The molecule has 1 aliphatic heterocycles. The highest BCUT2D eigenvalue weighted by Crippen LogP contribution is 2.32. The Bertz CT molecular complexity index is 583. The molecule has 4 nitrogen and oxygen atoms in total. The molecular formula is C15H20N2O2. The van der Waals surface area contributed by atoms with Crippen LogP contribution >= 0.6 is 0 Å². The molecule has 1 atom stereocenters. The van der Waals surface area contributed by atoms with Crippen molar-refractivity contribution < 1.29 is 9.47 Å². The molecule has 0 aliphatic carbocycles. The van der Waals surface area contributed by atoms with Crippen LogP contribution in [0, 0.1) is 0 Å². The quantitative estimate of drug-likeness (QED) is 0.851. The number of nitrogens with zero attached hydrogens (tertiary/aromatic N) is 2. The van der Waals surface area contributed by atoms with E-state index in [4.69, 9.17) is 9.47 Å².